The molecule has 0 aromatic heterocycles. The summed E-state index contributed by atoms with van der Waals surface area (Å²) in [5.41, 5.74) is 0.379. The van der Waals surface area contributed by atoms with Gasteiger partial charge in [0.25, 0.3) is 6.43 Å². The van der Waals surface area contributed by atoms with E-state index in [1.54, 1.807) is 11.8 Å². The Bertz CT molecular complexity index is 825. The van der Waals surface area contributed by atoms with Crippen molar-refractivity contribution in [2.75, 3.05) is 25.4 Å². The molecule has 1 aliphatic rings. The van der Waals surface area contributed by atoms with Crippen LogP contribution in [-0.4, -0.2) is 62.6 Å². The first-order valence-electron chi connectivity index (χ1n) is 9.49. The largest absolute Gasteiger partial charge is 0.485 e. The second kappa shape index (κ2) is 10.9. The Hall–Kier alpha value is -1.89. The number of nitrogens with one attached hydrogen (secondary N) is 2. The molecule has 30 heavy (non-hydrogen) atoms. The quantitative estimate of drug-likeness (QED) is 0.412. The highest BCUT2D eigenvalue weighted by Gasteiger charge is 2.26. The summed E-state index contributed by atoms with van der Waals surface area (Å²) < 4.78 is 69.9. The van der Waals surface area contributed by atoms with Crippen molar-refractivity contribution in [3.05, 3.63) is 29.6 Å². The minimum Gasteiger partial charge on any atom is -0.485 e. The molecule has 3 N–H and O–H groups in total. The molecule has 1 unspecified atom stereocenters. The van der Waals surface area contributed by atoms with Crippen molar-refractivity contribution in [1.82, 2.24) is 14.9 Å². The van der Waals surface area contributed by atoms with Gasteiger partial charge in [-0.3, -0.25) is 9.69 Å². The molecule has 0 spiro atoms. The maximum Gasteiger partial charge on any atom is 0.272 e. The molecule has 1 heterocycles. The molecule has 1 amide bonds. The minimum absolute atomic E-state index is 0.110. The van der Waals surface area contributed by atoms with E-state index in [1.807, 2.05) is 0 Å². The Morgan fingerprint density at radius 1 is 1.33 bits per heavy atom. The zero-order chi connectivity index (χ0) is 22.3. The van der Waals surface area contributed by atoms with Gasteiger partial charge in [-0.05, 0) is 37.5 Å². The van der Waals surface area contributed by atoms with Crippen molar-refractivity contribution >= 4 is 15.9 Å². The average Bonchev–Trinajstić information content (AvgIpc) is 2.97. The van der Waals surface area contributed by atoms with Crippen LogP contribution in [0.5, 0.6) is 5.75 Å². The van der Waals surface area contributed by atoms with Gasteiger partial charge >= 0.3 is 0 Å². The molecule has 1 aliphatic heterocycles. The summed E-state index contributed by atoms with van der Waals surface area (Å²) in [5.74, 6) is -1.57. The Kier molecular flexibility index (Phi) is 8.89. The number of halogens is 3. The van der Waals surface area contributed by atoms with Crippen molar-refractivity contribution in [1.29, 1.82) is 0 Å². The third-order valence-corrected chi connectivity index (χ3v) is 6.06. The number of hydrogen-bond donors (Lipinski definition) is 3. The van der Waals surface area contributed by atoms with E-state index in [0.717, 1.165) is 6.07 Å². The van der Waals surface area contributed by atoms with E-state index in [2.05, 4.69) is 10.0 Å². The first-order chi connectivity index (χ1) is 14.1. The SMILES string of the molecule is C[C@@H](NS(=O)(=O)CCCCCN1CC(=O)NC1O)c1ccc(F)c(OCC(F)F)c1. The topological polar surface area (TPSA) is 108 Å². The van der Waals surface area contributed by atoms with Crippen LogP contribution in [-0.2, 0) is 14.8 Å². The lowest BCUT2D eigenvalue weighted by atomic mass is 10.1. The van der Waals surface area contributed by atoms with Gasteiger partial charge in [-0.15, -0.1) is 0 Å². The molecule has 8 nitrogen and oxygen atoms in total. The lowest BCUT2D eigenvalue weighted by Crippen LogP contribution is -2.36. The number of aliphatic hydroxyl groups excluding tert-OH is 1. The van der Waals surface area contributed by atoms with Crippen LogP contribution in [0.2, 0.25) is 0 Å². The van der Waals surface area contributed by atoms with Gasteiger partial charge in [0.1, 0.15) is 6.61 Å². The van der Waals surface area contributed by atoms with E-state index in [-0.39, 0.29) is 24.0 Å². The lowest BCUT2D eigenvalue weighted by Gasteiger charge is -2.18. The summed E-state index contributed by atoms with van der Waals surface area (Å²) in [5, 5.41) is 11.9. The predicted octanol–water partition coefficient (Wildman–Crippen LogP) is 1.33. The van der Waals surface area contributed by atoms with Gasteiger partial charge in [0.2, 0.25) is 15.9 Å². The number of nitrogens with zero attached hydrogens (tertiary/aromatic N) is 1. The standard InChI is InChI=1S/C18H26F3N3O5S/c1-12(13-5-6-14(19)15(9-13)29-11-16(20)21)23-30(27,28)8-4-2-3-7-24-10-17(25)22-18(24)26/h5-6,9,12,16,18,23,26H,2-4,7-8,10-11H2,1H3,(H,22,25)/t12-,18?/m1/s1. The smallest absolute Gasteiger partial charge is 0.272 e. The molecular formula is C18H26F3N3O5S. The molecule has 1 aromatic carbocycles. The third kappa shape index (κ3) is 7.74. The lowest BCUT2D eigenvalue weighted by molar-refractivity contribution is -0.119. The Morgan fingerprint density at radius 2 is 2.07 bits per heavy atom. The first kappa shape index (κ1) is 24.4. The molecule has 0 radical (unpaired) electrons. The summed E-state index contributed by atoms with van der Waals surface area (Å²) in [7, 11) is -3.63. The third-order valence-electron chi connectivity index (χ3n) is 4.52. The molecule has 0 bridgehead atoms. The second-order valence-corrected chi connectivity index (χ2v) is 8.90. The van der Waals surface area contributed by atoms with Crippen LogP contribution < -0.4 is 14.8 Å². The molecule has 2 rings (SSSR count). The van der Waals surface area contributed by atoms with E-state index < -0.39 is 41.3 Å². The highest BCUT2D eigenvalue weighted by Crippen LogP contribution is 2.24. The van der Waals surface area contributed by atoms with Crippen LogP contribution in [0, 0.1) is 5.82 Å². The maximum absolute atomic E-state index is 13.7. The number of ether oxygens (including phenoxy) is 1. The molecule has 1 saturated heterocycles. The summed E-state index contributed by atoms with van der Waals surface area (Å²) in [6, 6.07) is 2.88. The Balaban J connectivity index is 1.78. The van der Waals surface area contributed by atoms with Crippen molar-refractivity contribution in [3.8, 4) is 5.75 Å². The zero-order valence-electron chi connectivity index (χ0n) is 16.5. The van der Waals surface area contributed by atoms with Crippen LogP contribution in [0.4, 0.5) is 13.2 Å². The molecule has 1 aromatic rings. The highest BCUT2D eigenvalue weighted by molar-refractivity contribution is 7.89. The van der Waals surface area contributed by atoms with Crippen LogP contribution in [0.15, 0.2) is 18.2 Å². The number of rotatable bonds is 12. The summed E-state index contributed by atoms with van der Waals surface area (Å²) in [4.78, 5) is 12.7. The van der Waals surface area contributed by atoms with Crippen LogP contribution in [0.1, 0.15) is 37.8 Å². The van der Waals surface area contributed by atoms with E-state index in [0.29, 0.717) is 31.4 Å². The van der Waals surface area contributed by atoms with Crippen LogP contribution >= 0.6 is 0 Å². The Labute approximate surface area is 173 Å². The van der Waals surface area contributed by atoms with Gasteiger partial charge in [0.15, 0.2) is 17.9 Å². The van der Waals surface area contributed by atoms with Gasteiger partial charge in [-0.1, -0.05) is 12.5 Å². The van der Waals surface area contributed by atoms with E-state index >= 15 is 0 Å². The number of benzene rings is 1. The van der Waals surface area contributed by atoms with Gasteiger partial charge in [-0.25, -0.2) is 26.3 Å². The number of alkyl halides is 2. The number of carbonyl (C=O) groups excluding carboxylic acids is 1. The van der Waals surface area contributed by atoms with Crippen molar-refractivity contribution in [2.24, 2.45) is 0 Å². The van der Waals surface area contributed by atoms with Gasteiger partial charge in [-0.2, -0.15) is 0 Å². The highest BCUT2D eigenvalue weighted by atomic mass is 32.2. The molecule has 0 aliphatic carbocycles. The van der Waals surface area contributed by atoms with Gasteiger partial charge < -0.3 is 15.2 Å². The first-order valence-corrected chi connectivity index (χ1v) is 11.1. The maximum atomic E-state index is 13.7. The van der Waals surface area contributed by atoms with Gasteiger partial charge in [0.05, 0.1) is 12.3 Å². The van der Waals surface area contributed by atoms with Crippen molar-refractivity contribution in [3.63, 3.8) is 0 Å². The fourth-order valence-corrected chi connectivity index (χ4v) is 4.36. The number of sulfonamides is 1. The second-order valence-electron chi connectivity index (χ2n) is 7.02. The summed E-state index contributed by atoms with van der Waals surface area (Å²) >= 11 is 0. The molecule has 170 valence electrons. The van der Waals surface area contributed by atoms with Crippen molar-refractivity contribution in [2.45, 2.75) is 45.0 Å². The summed E-state index contributed by atoms with van der Waals surface area (Å²) in [6.45, 7) is 1.17. The normalized spacial score (nSPS) is 18.6. The number of carbonyl (C=O) groups is 1. The fraction of sp³-hybridized carbons (Fsp3) is 0.611. The van der Waals surface area contributed by atoms with Gasteiger partial charge in [0, 0.05) is 12.6 Å². The number of amides is 1. The zero-order valence-corrected chi connectivity index (χ0v) is 17.3. The molecule has 2 atom stereocenters. The van der Waals surface area contributed by atoms with Crippen LogP contribution in [0.25, 0.3) is 0 Å². The molecule has 1 fully saturated rings. The average molecular weight is 453 g/mol. The number of unbranched alkanes of at least 4 members (excludes halogenated alkanes) is 2. The van der Waals surface area contributed by atoms with Crippen LogP contribution in [0.3, 0.4) is 0 Å². The summed E-state index contributed by atoms with van der Waals surface area (Å²) in [6.07, 6.45) is -2.20. The predicted molar refractivity (Wildman–Crippen MR) is 103 cm³/mol. The van der Waals surface area contributed by atoms with E-state index in [9.17, 15) is 31.5 Å². The fourth-order valence-electron chi connectivity index (χ4n) is 2.99. The monoisotopic (exact) mass is 453 g/mol. The van der Waals surface area contributed by atoms with E-state index in [4.69, 9.17) is 4.74 Å². The van der Waals surface area contributed by atoms with E-state index in [1.165, 1.54) is 12.1 Å². The number of hydrogen-bond acceptors (Lipinski definition) is 6. The molecule has 0 saturated carbocycles. The Morgan fingerprint density at radius 3 is 2.70 bits per heavy atom. The van der Waals surface area contributed by atoms with Crippen molar-refractivity contribution < 1.29 is 36.2 Å². The molecular weight excluding hydrogens is 427 g/mol. The minimum atomic E-state index is -3.63. The number of aliphatic hydroxyl groups is 1. The molecule has 12 heteroatoms.